The first kappa shape index (κ1) is 16.6. The molecule has 1 atom stereocenters. The van der Waals surface area contributed by atoms with Crippen molar-refractivity contribution < 1.29 is 4.79 Å². The van der Waals surface area contributed by atoms with Gasteiger partial charge in [0.25, 0.3) is 0 Å². The highest BCUT2D eigenvalue weighted by molar-refractivity contribution is 5.85. The minimum atomic E-state index is -0.129. The maximum atomic E-state index is 12.5. The number of carbonyl (C=O) groups excluding carboxylic acids is 1. The van der Waals surface area contributed by atoms with E-state index in [0.717, 1.165) is 17.5 Å². The first-order valence-electron chi connectivity index (χ1n) is 7.33. The summed E-state index contributed by atoms with van der Waals surface area (Å²) in [6.45, 7) is 3.87. The van der Waals surface area contributed by atoms with E-state index in [1.807, 2.05) is 31.2 Å². The molecule has 22 heavy (non-hydrogen) atoms. The predicted octanol–water partition coefficient (Wildman–Crippen LogP) is 0.804. The Balaban J connectivity index is 0.00000176. The van der Waals surface area contributed by atoms with Gasteiger partial charge in [-0.2, -0.15) is 0 Å². The number of para-hydroxylation sites is 2. The van der Waals surface area contributed by atoms with Gasteiger partial charge in [0.2, 0.25) is 5.91 Å². The summed E-state index contributed by atoms with van der Waals surface area (Å²) in [4.78, 5) is 26.6. The SMILES string of the molecule is CCn1c(=O)n(CC(=O)N2CC[C@@H](N)C2)c2ccccc21.Cl. The van der Waals surface area contributed by atoms with E-state index in [-0.39, 0.29) is 36.6 Å². The number of nitrogens with two attached hydrogens (primary N) is 1. The van der Waals surface area contributed by atoms with E-state index in [0.29, 0.717) is 19.6 Å². The molecule has 0 radical (unpaired) electrons. The van der Waals surface area contributed by atoms with Crippen LogP contribution in [-0.2, 0) is 17.9 Å². The van der Waals surface area contributed by atoms with E-state index in [4.69, 9.17) is 5.73 Å². The van der Waals surface area contributed by atoms with Crippen molar-refractivity contribution in [2.24, 2.45) is 5.73 Å². The molecule has 1 aliphatic rings. The number of carbonyl (C=O) groups is 1. The molecule has 1 fully saturated rings. The maximum absolute atomic E-state index is 12.5. The number of halogens is 1. The fourth-order valence-electron chi connectivity index (χ4n) is 2.98. The molecule has 6 nitrogen and oxygen atoms in total. The average Bonchev–Trinajstić information content (AvgIpc) is 3.02. The Labute approximate surface area is 134 Å². The van der Waals surface area contributed by atoms with Crippen LogP contribution < -0.4 is 11.4 Å². The summed E-state index contributed by atoms with van der Waals surface area (Å²) in [5.74, 6) is -0.0379. The van der Waals surface area contributed by atoms with Gasteiger partial charge in [0.15, 0.2) is 0 Å². The van der Waals surface area contributed by atoms with Crippen LogP contribution in [0.25, 0.3) is 11.0 Å². The Bertz CT molecular complexity index is 737. The number of imidazole rings is 1. The first-order chi connectivity index (χ1) is 10.1. The normalized spacial score (nSPS) is 17.7. The third-order valence-corrected chi connectivity index (χ3v) is 4.11. The molecule has 120 valence electrons. The van der Waals surface area contributed by atoms with E-state index in [9.17, 15) is 9.59 Å². The van der Waals surface area contributed by atoms with Gasteiger partial charge in [-0.15, -0.1) is 12.4 Å². The first-order valence-corrected chi connectivity index (χ1v) is 7.33. The van der Waals surface area contributed by atoms with Crippen LogP contribution in [-0.4, -0.2) is 39.1 Å². The van der Waals surface area contributed by atoms with Crippen molar-refractivity contribution in [3.63, 3.8) is 0 Å². The van der Waals surface area contributed by atoms with Crippen LogP contribution in [0, 0.1) is 0 Å². The summed E-state index contributed by atoms with van der Waals surface area (Å²) in [5.41, 5.74) is 7.38. The summed E-state index contributed by atoms with van der Waals surface area (Å²) in [6, 6.07) is 7.63. The monoisotopic (exact) mass is 324 g/mol. The van der Waals surface area contributed by atoms with E-state index >= 15 is 0 Å². The van der Waals surface area contributed by atoms with Gasteiger partial charge in [0.05, 0.1) is 11.0 Å². The Kier molecular flexibility index (Phi) is 4.93. The van der Waals surface area contributed by atoms with Crippen molar-refractivity contribution in [3.05, 3.63) is 34.7 Å². The second kappa shape index (κ2) is 6.54. The van der Waals surface area contributed by atoms with Gasteiger partial charge in [-0.3, -0.25) is 13.9 Å². The molecule has 1 aliphatic heterocycles. The van der Waals surface area contributed by atoms with Gasteiger partial charge in [0.1, 0.15) is 6.54 Å². The molecule has 2 heterocycles. The molecule has 2 aromatic rings. The van der Waals surface area contributed by atoms with Crippen LogP contribution in [0.2, 0.25) is 0 Å². The summed E-state index contributed by atoms with van der Waals surface area (Å²) < 4.78 is 3.25. The molecule has 3 rings (SSSR count). The molecule has 0 aliphatic carbocycles. The summed E-state index contributed by atoms with van der Waals surface area (Å²) >= 11 is 0. The van der Waals surface area contributed by atoms with E-state index in [2.05, 4.69) is 0 Å². The zero-order valence-electron chi connectivity index (χ0n) is 12.6. The van der Waals surface area contributed by atoms with Gasteiger partial charge < -0.3 is 10.6 Å². The average molecular weight is 325 g/mol. The number of fused-ring (bicyclic) bond motifs is 1. The molecule has 1 saturated heterocycles. The second-order valence-corrected chi connectivity index (χ2v) is 5.49. The van der Waals surface area contributed by atoms with Crippen molar-refractivity contribution >= 4 is 29.3 Å². The van der Waals surface area contributed by atoms with Crippen LogP contribution in [0.3, 0.4) is 0 Å². The van der Waals surface area contributed by atoms with Crippen molar-refractivity contribution in [1.29, 1.82) is 0 Å². The molecule has 2 N–H and O–H groups in total. The number of nitrogens with zero attached hydrogens (tertiary/aromatic N) is 3. The molecular formula is C15H21ClN4O2. The summed E-state index contributed by atoms with van der Waals surface area (Å²) in [6.07, 6.45) is 0.831. The quantitative estimate of drug-likeness (QED) is 0.907. The molecule has 0 unspecified atom stereocenters. The lowest BCUT2D eigenvalue weighted by Crippen LogP contribution is -2.36. The Morgan fingerprint density at radius 1 is 1.27 bits per heavy atom. The number of hydrogen-bond donors (Lipinski definition) is 1. The lowest BCUT2D eigenvalue weighted by Gasteiger charge is -2.15. The zero-order chi connectivity index (χ0) is 15.0. The maximum Gasteiger partial charge on any atom is 0.329 e. The van der Waals surface area contributed by atoms with Crippen LogP contribution >= 0.6 is 12.4 Å². The topological polar surface area (TPSA) is 73.3 Å². The van der Waals surface area contributed by atoms with Gasteiger partial charge >= 0.3 is 5.69 Å². The number of aromatic nitrogens is 2. The van der Waals surface area contributed by atoms with Gasteiger partial charge in [0, 0.05) is 25.7 Å². The van der Waals surface area contributed by atoms with Crippen molar-refractivity contribution in [3.8, 4) is 0 Å². The molecule has 0 bridgehead atoms. The summed E-state index contributed by atoms with van der Waals surface area (Å²) in [5, 5.41) is 0. The smallest absolute Gasteiger partial charge is 0.329 e. The predicted molar refractivity (Wildman–Crippen MR) is 88.3 cm³/mol. The fourth-order valence-corrected chi connectivity index (χ4v) is 2.98. The van der Waals surface area contributed by atoms with Crippen molar-refractivity contribution in [2.45, 2.75) is 32.5 Å². The van der Waals surface area contributed by atoms with E-state index < -0.39 is 0 Å². The van der Waals surface area contributed by atoms with Gasteiger partial charge in [-0.05, 0) is 25.5 Å². The lowest BCUT2D eigenvalue weighted by atomic mass is 10.3. The van der Waals surface area contributed by atoms with Crippen LogP contribution in [0.15, 0.2) is 29.1 Å². The third kappa shape index (κ3) is 2.76. The third-order valence-electron chi connectivity index (χ3n) is 4.11. The van der Waals surface area contributed by atoms with Crippen LogP contribution in [0.5, 0.6) is 0 Å². The highest BCUT2D eigenvalue weighted by Gasteiger charge is 2.25. The van der Waals surface area contributed by atoms with E-state index in [1.165, 1.54) is 0 Å². The Morgan fingerprint density at radius 2 is 1.91 bits per heavy atom. The minimum Gasteiger partial charge on any atom is -0.340 e. The largest absolute Gasteiger partial charge is 0.340 e. The number of likely N-dealkylation sites (tertiary alicyclic amines) is 1. The van der Waals surface area contributed by atoms with Gasteiger partial charge in [-0.25, -0.2) is 4.79 Å². The number of benzene rings is 1. The van der Waals surface area contributed by atoms with Crippen molar-refractivity contribution in [2.75, 3.05) is 13.1 Å². The molecule has 0 spiro atoms. The minimum absolute atomic E-state index is 0. The van der Waals surface area contributed by atoms with Crippen LogP contribution in [0.1, 0.15) is 13.3 Å². The zero-order valence-corrected chi connectivity index (χ0v) is 13.4. The lowest BCUT2D eigenvalue weighted by molar-refractivity contribution is -0.130. The molecule has 1 aromatic carbocycles. The number of rotatable bonds is 3. The Morgan fingerprint density at radius 3 is 2.45 bits per heavy atom. The number of aryl methyl sites for hydroxylation is 1. The standard InChI is InChI=1S/C15H20N4O2.ClH/c1-2-18-12-5-3-4-6-13(12)19(15(18)21)10-14(20)17-8-7-11(16)9-17;/h3-6,11H,2,7-10,16H2,1H3;1H/t11-;/m1./s1. The number of amides is 1. The Hall–Kier alpha value is -1.79. The molecule has 1 amide bonds. The fraction of sp³-hybridized carbons (Fsp3) is 0.467. The molecule has 0 saturated carbocycles. The van der Waals surface area contributed by atoms with Crippen molar-refractivity contribution in [1.82, 2.24) is 14.0 Å². The molecular weight excluding hydrogens is 304 g/mol. The van der Waals surface area contributed by atoms with E-state index in [1.54, 1.807) is 14.0 Å². The highest BCUT2D eigenvalue weighted by atomic mass is 35.5. The number of hydrogen-bond acceptors (Lipinski definition) is 3. The second-order valence-electron chi connectivity index (χ2n) is 5.49. The van der Waals surface area contributed by atoms with Gasteiger partial charge in [-0.1, -0.05) is 12.1 Å². The molecule has 1 aromatic heterocycles. The van der Waals surface area contributed by atoms with Crippen LogP contribution in [0.4, 0.5) is 0 Å². The highest BCUT2D eigenvalue weighted by Crippen LogP contribution is 2.14. The molecule has 7 heteroatoms. The summed E-state index contributed by atoms with van der Waals surface area (Å²) in [7, 11) is 0.